The summed E-state index contributed by atoms with van der Waals surface area (Å²) in [7, 11) is -3.55. The first-order valence-electron chi connectivity index (χ1n) is 6.67. The Morgan fingerprint density at radius 3 is 2.38 bits per heavy atom. The van der Waals surface area contributed by atoms with Gasteiger partial charge >= 0.3 is 5.97 Å². The minimum absolute atomic E-state index is 0.154. The van der Waals surface area contributed by atoms with Crippen molar-refractivity contribution in [1.82, 2.24) is 4.72 Å². The smallest absolute Gasteiger partial charge is 0.314 e. The standard InChI is InChI=1S/C14H19NO4S2/c1-10(9-20-2)15-21(18,19)12-5-3-11(4-6-12)14(7-8-14)13(16)17/h3-6,10,15H,7-9H2,1-2H3,(H,16,17). The van der Waals surface area contributed by atoms with E-state index in [2.05, 4.69) is 4.72 Å². The van der Waals surface area contributed by atoms with Crippen molar-refractivity contribution < 1.29 is 18.3 Å². The fraction of sp³-hybridized carbons (Fsp3) is 0.500. The molecule has 2 N–H and O–H groups in total. The van der Waals surface area contributed by atoms with Gasteiger partial charge in [0.2, 0.25) is 10.0 Å². The molecule has 1 unspecified atom stereocenters. The van der Waals surface area contributed by atoms with Crippen molar-refractivity contribution in [2.45, 2.75) is 36.1 Å². The van der Waals surface area contributed by atoms with Crippen LogP contribution in [-0.4, -0.2) is 37.5 Å². The Balaban J connectivity index is 2.17. The van der Waals surface area contributed by atoms with Crippen LogP contribution in [0, 0.1) is 0 Å². The number of rotatable bonds is 7. The van der Waals surface area contributed by atoms with Crippen molar-refractivity contribution in [2.24, 2.45) is 0 Å². The lowest BCUT2D eigenvalue weighted by atomic mass is 9.96. The van der Waals surface area contributed by atoms with Crippen molar-refractivity contribution >= 4 is 27.8 Å². The fourth-order valence-corrected chi connectivity index (χ4v) is 4.25. The van der Waals surface area contributed by atoms with Gasteiger partial charge in [0.15, 0.2) is 0 Å². The van der Waals surface area contributed by atoms with Gasteiger partial charge in [-0.05, 0) is 43.7 Å². The summed E-state index contributed by atoms with van der Waals surface area (Å²) in [6.07, 6.45) is 3.13. The van der Waals surface area contributed by atoms with Gasteiger partial charge in [-0.2, -0.15) is 11.8 Å². The van der Waals surface area contributed by atoms with Crippen molar-refractivity contribution in [2.75, 3.05) is 12.0 Å². The van der Waals surface area contributed by atoms with Crippen molar-refractivity contribution in [3.05, 3.63) is 29.8 Å². The summed E-state index contributed by atoms with van der Waals surface area (Å²) in [5.41, 5.74) is -0.131. The summed E-state index contributed by atoms with van der Waals surface area (Å²) in [6.45, 7) is 1.81. The number of carboxylic acids is 1. The number of nitrogens with one attached hydrogen (secondary N) is 1. The Labute approximate surface area is 129 Å². The van der Waals surface area contributed by atoms with Crippen molar-refractivity contribution in [3.63, 3.8) is 0 Å². The largest absolute Gasteiger partial charge is 0.481 e. The van der Waals surface area contributed by atoms with Crippen LogP contribution in [0.15, 0.2) is 29.2 Å². The van der Waals surface area contributed by atoms with Crippen LogP contribution < -0.4 is 4.72 Å². The molecule has 1 fully saturated rings. The average Bonchev–Trinajstić information content (AvgIpc) is 3.20. The number of hydrogen-bond donors (Lipinski definition) is 2. The molecular weight excluding hydrogens is 310 g/mol. The average molecular weight is 329 g/mol. The minimum atomic E-state index is -3.55. The third-order valence-corrected chi connectivity index (χ3v) is 6.09. The van der Waals surface area contributed by atoms with Gasteiger partial charge in [0.1, 0.15) is 0 Å². The zero-order valence-corrected chi connectivity index (χ0v) is 13.6. The molecule has 0 radical (unpaired) electrons. The van der Waals surface area contributed by atoms with Gasteiger partial charge in [0.25, 0.3) is 0 Å². The quantitative estimate of drug-likeness (QED) is 0.797. The van der Waals surface area contributed by atoms with Crippen LogP contribution in [0.25, 0.3) is 0 Å². The monoisotopic (exact) mass is 329 g/mol. The molecule has 7 heteroatoms. The number of sulfonamides is 1. The summed E-state index contributed by atoms with van der Waals surface area (Å²) in [5, 5.41) is 9.23. The SMILES string of the molecule is CSCC(C)NS(=O)(=O)c1ccc(C2(C(=O)O)CC2)cc1. The Morgan fingerprint density at radius 1 is 1.38 bits per heavy atom. The third-order valence-electron chi connectivity index (χ3n) is 3.65. The van der Waals surface area contributed by atoms with Gasteiger partial charge in [-0.15, -0.1) is 0 Å². The molecular formula is C14H19NO4S2. The summed E-state index contributed by atoms with van der Waals surface area (Å²) < 4.78 is 27.0. The van der Waals surface area contributed by atoms with Crippen LogP contribution in [0.1, 0.15) is 25.3 Å². The van der Waals surface area contributed by atoms with Gasteiger partial charge < -0.3 is 5.11 Å². The Morgan fingerprint density at radius 2 is 1.95 bits per heavy atom. The van der Waals surface area contributed by atoms with Crippen LogP contribution in [0.5, 0.6) is 0 Å². The van der Waals surface area contributed by atoms with Gasteiger partial charge in [-0.3, -0.25) is 4.79 Å². The van der Waals surface area contributed by atoms with Gasteiger partial charge in [0.05, 0.1) is 10.3 Å². The Hall–Kier alpha value is -1.05. The Kier molecular flexibility index (Phi) is 4.65. The molecule has 1 aliphatic carbocycles. The van der Waals surface area contributed by atoms with Crippen LogP contribution in [0.4, 0.5) is 0 Å². The molecule has 0 aliphatic heterocycles. The number of hydrogen-bond acceptors (Lipinski definition) is 4. The first-order chi connectivity index (χ1) is 9.82. The minimum Gasteiger partial charge on any atom is -0.481 e. The molecule has 1 aromatic carbocycles. The molecule has 0 aromatic heterocycles. The van der Waals surface area contributed by atoms with E-state index >= 15 is 0 Å². The van der Waals surface area contributed by atoms with Gasteiger partial charge in [-0.25, -0.2) is 13.1 Å². The molecule has 21 heavy (non-hydrogen) atoms. The summed E-state index contributed by atoms with van der Waals surface area (Å²) in [4.78, 5) is 11.4. The van der Waals surface area contributed by atoms with Gasteiger partial charge in [0, 0.05) is 11.8 Å². The first kappa shape index (κ1) is 16.3. The van der Waals surface area contributed by atoms with Gasteiger partial charge in [-0.1, -0.05) is 12.1 Å². The van der Waals surface area contributed by atoms with Crippen LogP contribution in [-0.2, 0) is 20.2 Å². The highest BCUT2D eigenvalue weighted by Gasteiger charge is 2.51. The maximum absolute atomic E-state index is 12.2. The van der Waals surface area contributed by atoms with E-state index in [4.69, 9.17) is 0 Å². The van der Waals surface area contributed by atoms with E-state index in [1.807, 2.05) is 13.2 Å². The molecule has 5 nitrogen and oxygen atoms in total. The highest BCUT2D eigenvalue weighted by Crippen LogP contribution is 2.48. The number of benzene rings is 1. The van der Waals surface area contributed by atoms with Crippen molar-refractivity contribution in [1.29, 1.82) is 0 Å². The number of carbonyl (C=O) groups is 1. The molecule has 0 bridgehead atoms. The highest BCUT2D eigenvalue weighted by atomic mass is 32.2. The fourth-order valence-electron chi connectivity index (χ4n) is 2.32. The second-order valence-corrected chi connectivity index (χ2v) is 8.01. The van der Waals surface area contributed by atoms with Crippen LogP contribution in [0.2, 0.25) is 0 Å². The van der Waals surface area contributed by atoms with E-state index in [0.717, 1.165) is 0 Å². The molecule has 0 heterocycles. The maximum Gasteiger partial charge on any atom is 0.314 e. The van der Waals surface area contributed by atoms with E-state index < -0.39 is 21.4 Å². The molecule has 1 atom stereocenters. The zero-order valence-electron chi connectivity index (χ0n) is 12.0. The molecule has 0 saturated heterocycles. The molecule has 116 valence electrons. The van der Waals surface area contributed by atoms with E-state index in [1.54, 1.807) is 23.9 Å². The second-order valence-electron chi connectivity index (χ2n) is 5.39. The van der Waals surface area contributed by atoms with Crippen molar-refractivity contribution in [3.8, 4) is 0 Å². The second kappa shape index (κ2) is 5.98. The lowest BCUT2D eigenvalue weighted by Gasteiger charge is -2.14. The molecule has 1 aliphatic rings. The highest BCUT2D eigenvalue weighted by molar-refractivity contribution is 7.98. The topological polar surface area (TPSA) is 83.5 Å². The first-order valence-corrected chi connectivity index (χ1v) is 9.55. The van der Waals surface area contributed by atoms with E-state index in [1.165, 1.54) is 12.1 Å². The normalized spacial score (nSPS) is 18.2. The lowest BCUT2D eigenvalue weighted by Crippen LogP contribution is -2.34. The van der Waals surface area contributed by atoms with E-state index in [-0.39, 0.29) is 10.9 Å². The predicted octanol–water partition coefficient (Wildman–Crippen LogP) is 1.83. The summed E-state index contributed by atoms with van der Waals surface area (Å²) in [6, 6.07) is 6.02. The molecule has 0 spiro atoms. The van der Waals surface area contributed by atoms with E-state index in [9.17, 15) is 18.3 Å². The molecule has 2 rings (SSSR count). The molecule has 0 amide bonds. The number of thioether (sulfide) groups is 1. The van der Waals surface area contributed by atoms with Crippen LogP contribution in [0.3, 0.4) is 0 Å². The summed E-state index contributed by atoms with van der Waals surface area (Å²) >= 11 is 1.57. The van der Waals surface area contributed by atoms with E-state index in [0.29, 0.717) is 24.2 Å². The predicted molar refractivity (Wildman–Crippen MR) is 83.2 cm³/mol. The molecule has 1 saturated carbocycles. The zero-order chi connectivity index (χ0) is 15.7. The van der Waals surface area contributed by atoms with Crippen LogP contribution >= 0.6 is 11.8 Å². The molecule has 1 aromatic rings. The lowest BCUT2D eigenvalue weighted by molar-refractivity contribution is -0.140. The summed E-state index contributed by atoms with van der Waals surface area (Å²) in [5.74, 6) is -0.149. The number of carboxylic acid groups (broad SMARTS) is 1. The Bertz CT molecular complexity index is 621. The third kappa shape index (κ3) is 3.41. The number of aliphatic carboxylic acids is 1. The maximum atomic E-state index is 12.2.